The van der Waals surface area contributed by atoms with Crippen molar-refractivity contribution in [3.63, 3.8) is 0 Å². The fourth-order valence-electron chi connectivity index (χ4n) is 5.55. The summed E-state index contributed by atoms with van der Waals surface area (Å²) in [6, 6.07) is 10.9. The molecule has 33 heavy (non-hydrogen) atoms. The summed E-state index contributed by atoms with van der Waals surface area (Å²) in [6.07, 6.45) is 3.38. The number of carbonyl (C=O) groups excluding carboxylic acids is 2. The number of fused-ring (bicyclic) bond motifs is 3. The number of amides is 1. The number of hydrogen-bond acceptors (Lipinski definition) is 4. The van der Waals surface area contributed by atoms with E-state index in [0.717, 1.165) is 24.0 Å². The van der Waals surface area contributed by atoms with Gasteiger partial charge in [-0.15, -0.1) is 0 Å². The van der Waals surface area contributed by atoms with Gasteiger partial charge in [-0.25, -0.2) is 4.85 Å². The number of rotatable bonds is 4. The van der Waals surface area contributed by atoms with E-state index in [-0.39, 0.29) is 23.3 Å². The van der Waals surface area contributed by atoms with Crippen LogP contribution in [0.3, 0.4) is 0 Å². The maximum atomic E-state index is 13.1. The number of ether oxygens (including phenoxy) is 2. The van der Waals surface area contributed by atoms with Gasteiger partial charge in [0.2, 0.25) is 5.70 Å². The molecular formula is C27H28N2O4. The Morgan fingerprint density at radius 2 is 1.82 bits per heavy atom. The zero-order chi connectivity index (χ0) is 24.0. The molecule has 6 heteroatoms. The molecule has 2 aliphatic carbocycles. The molecule has 0 radical (unpaired) electrons. The Hall–Kier alpha value is -3.59. The van der Waals surface area contributed by atoms with E-state index in [4.69, 9.17) is 16.0 Å². The van der Waals surface area contributed by atoms with E-state index >= 15 is 0 Å². The summed E-state index contributed by atoms with van der Waals surface area (Å²) in [5, 5.41) is 2.92. The van der Waals surface area contributed by atoms with Gasteiger partial charge >= 0.3 is 0 Å². The summed E-state index contributed by atoms with van der Waals surface area (Å²) in [7, 11) is 3.14. The van der Waals surface area contributed by atoms with Gasteiger partial charge in [0.25, 0.3) is 5.91 Å². The molecule has 2 aliphatic rings. The number of anilines is 1. The van der Waals surface area contributed by atoms with Crippen LogP contribution in [0.15, 0.2) is 48.2 Å². The van der Waals surface area contributed by atoms with Crippen LogP contribution in [0.4, 0.5) is 5.69 Å². The monoisotopic (exact) mass is 444 g/mol. The van der Waals surface area contributed by atoms with Crippen molar-refractivity contribution in [1.29, 1.82) is 0 Å². The summed E-state index contributed by atoms with van der Waals surface area (Å²) in [4.78, 5) is 29.6. The summed E-state index contributed by atoms with van der Waals surface area (Å²) < 4.78 is 10.8. The Morgan fingerprint density at radius 1 is 1.12 bits per heavy atom. The Kier molecular flexibility index (Phi) is 5.53. The van der Waals surface area contributed by atoms with Gasteiger partial charge in [-0.3, -0.25) is 4.79 Å². The Labute approximate surface area is 194 Å². The molecule has 1 unspecified atom stereocenters. The zero-order valence-corrected chi connectivity index (χ0v) is 19.6. The average Bonchev–Trinajstić information content (AvgIpc) is 2.81. The smallest absolute Gasteiger partial charge is 0.259 e. The first-order chi connectivity index (χ1) is 15.6. The molecule has 0 heterocycles. The summed E-state index contributed by atoms with van der Waals surface area (Å²) in [6.45, 7) is 13.5. The number of Topliss-reactive ketones (excluding diaryl/α,β-unsaturated/α-hetero) is 1. The third kappa shape index (κ3) is 3.58. The molecule has 2 aromatic carbocycles. The second-order valence-corrected chi connectivity index (χ2v) is 9.46. The predicted molar refractivity (Wildman–Crippen MR) is 127 cm³/mol. The fourth-order valence-corrected chi connectivity index (χ4v) is 5.55. The first-order valence-corrected chi connectivity index (χ1v) is 11.0. The number of benzene rings is 2. The Balaban J connectivity index is 1.76. The predicted octanol–water partition coefficient (Wildman–Crippen LogP) is 5.19. The normalized spacial score (nSPS) is 22.8. The molecule has 1 amide bonds. The highest BCUT2D eigenvalue weighted by molar-refractivity contribution is 6.06. The molecule has 4 rings (SSSR count). The number of aryl methyl sites for hydroxylation is 1. The molecule has 2 atom stereocenters. The molecule has 2 aromatic rings. The van der Waals surface area contributed by atoms with Gasteiger partial charge in [0.15, 0.2) is 5.78 Å². The average molecular weight is 445 g/mol. The van der Waals surface area contributed by atoms with Crippen LogP contribution < -0.4 is 14.8 Å². The number of allylic oxidation sites excluding steroid dienone is 2. The van der Waals surface area contributed by atoms with Crippen molar-refractivity contribution >= 4 is 17.4 Å². The van der Waals surface area contributed by atoms with Gasteiger partial charge in [-0.1, -0.05) is 26.8 Å². The van der Waals surface area contributed by atoms with E-state index in [1.165, 1.54) is 0 Å². The lowest BCUT2D eigenvalue weighted by Crippen LogP contribution is -2.50. The number of nitrogens with one attached hydrogen (secondary N) is 1. The van der Waals surface area contributed by atoms with Crippen molar-refractivity contribution in [3.05, 3.63) is 76.3 Å². The van der Waals surface area contributed by atoms with E-state index in [9.17, 15) is 9.59 Å². The maximum Gasteiger partial charge on any atom is 0.259 e. The minimum absolute atomic E-state index is 0.0548. The molecule has 6 nitrogen and oxygen atoms in total. The van der Waals surface area contributed by atoms with Crippen molar-refractivity contribution in [2.45, 2.75) is 39.0 Å². The molecule has 0 saturated carbocycles. The molecule has 1 N–H and O–H groups in total. The largest absolute Gasteiger partial charge is 0.497 e. The van der Waals surface area contributed by atoms with E-state index in [1.807, 2.05) is 32.1 Å². The minimum atomic E-state index is -0.640. The first kappa shape index (κ1) is 22.6. The van der Waals surface area contributed by atoms with E-state index in [2.05, 4.69) is 17.1 Å². The Morgan fingerprint density at radius 3 is 2.42 bits per heavy atom. The van der Waals surface area contributed by atoms with Crippen LogP contribution in [0.5, 0.6) is 11.5 Å². The van der Waals surface area contributed by atoms with E-state index < -0.39 is 10.8 Å². The van der Waals surface area contributed by atoms with E-state index in [0.29, 0.717) is 22.7 Å². The SMILES string of the molecule is [C-]#[N+]C1=C[C@]2(C)c3cc(OC)c(C(=O)Nc4ccc(OC)cc4)cc3CCC2C(C)(C)C1=O. The number of carbonyl (C=O) groups is 2. The number of nitrogens with zero attached hydrogens (tertiary/aromatic N) is 1. The molecule has 0 fully saturated rings. The van der Waals surface area contributed by atoms with Gasteiger partial charge in [0, 0.05) is 16.5 Å². The summed E-state index contributed by atoms with van der Waals surface area (Å²) in [5.41, 5.74) is 2.21. The minimum Gasteiger partial charge on any atom is -0.497 e. The second-order valence-electron chi connectivity index (χ2n) is 9.46. The molecule has 0 saturated heterocycles. The molecule has 0 spiro atoms. The fraction of sp³-hybridized carbons (Fsp3) is 0.370. The molecule has 0 aromatic heterocycles. The zero-order valence-electron chi connectivity index (χ0n) is 19.6. The summed E-state index contributed by atoms with van der Waals surface area (Å²) in [5.74, 6) is 0.880. The van der Waals surface area contributed by atoms with Crippen molar-refractivity contribution < 1.29 is 19.1 Å². The third-order valence-corrected chi connectivity index (χ3v) is 7.27. The van der Waals surface area contributed by atoms with Crippen molar-refractivity contribution in [3.8, 4) is 11.5 Å². The van der Waals surface area contributed by atoms with Crippen LogP contribution in [0.25, 0.3) is 4.85 Å². The lowest BCUT2D eigenvalue weighted by Gasteiger charge is -2.51. The van der Waals surface area contributed by atoms with Gasteiger partial charge in [0.05, 0.1) is 26.4 Å². The van der Waals surface area contributed by atoms with Crippen LogP contribution >= 0.6 is 0 Å². The quantitative estimate of drug-likeness (QED) is 0.659. The molecular weight excluding hydrogens is 416 g/mol. The van der Waals surface area contributed by atoms with Gasteiger partial charge < -0.3 is 19.6 Å². The van der Waals surface area contributed by atoms with Crippen molar-refractivity contribution in [1.82, 2.24) is 0 Å². The van der Waals surface area contributed by atoms with Crippen LogP contribution in [0.1, 0.15) is 48.7 Å². The summed E-state index contributed by atoms with van der Waals surface area (Å²) >= 11 is 0. The molecule has 0 aliphatic heterocycles. The van der Waals surface area contributed by atoms with Crippen molar-refractivity contribution in [2.75, 3.05) is 19.5 Å². The standard InChI is InChI=1S/C27H28N2O4/c1-26(2)23-12-7-16-13-19(25(31)29-17-8-10-18(32-5)11-9-17)22(33-6)14-20(16)27(23,3)15-21(28-4)24(26)30/h8-11,13-15,23H,7,12H2,1-3,5-6H3,(H,29,31)/t23?,27-/m1/s1. The molecule has 0 bridgehead atoms. The topological polar surface area (TPSA) is 69.0 Å². The van der Waals surface area contributed by atoms with Gasteiger partial charge in [-0.05, 0) is 66.3 Å². The van der Waals surface area contributed by atoms with Crippen molar-refractivity contribution in [2.24, 2.45) is 11.3 Å². The lowest BCUT2D eigenvalue weighted by atomic mass is 9.52. The lowest BCUT2D eigenvalue weighted by molar-refractivity contribution is -0.128. The van der Waals surface area contributed by atoms with Crippen LogP contribution in [-0.4, -0.2) is 25.9 Å². The maximum absolute atomic E-state index is 13.1. The first-order valence-electron chi connectivity index (χ1n) is 11.0. The van der Waals surface area contributed by atoms with E-state index in [1.54, 1.807) is 38.5 Å². The van der Waals surface area contributed by atoms with Crippen LogP contribution in [0, 0.1) is 17.9 Å². The third-order valence-electron chi connectivity index (χ3n) is 7.27. The van der Waals surface area contributed by atoms with Crippen LogP contribution in [0.2, 0.25) is 0 Å². The Bertz CT molecular complexity index is 1200. The highest BCUT2D eigenvalue weighted by Gasteiger charge is 2.53. The number of methoxy groups -OCH3 is 2. The highest BCUT2D eigenvalue weighted by atomic mass is 16.5. The van der Waals surface area contributed by atoms with Gasteiger partial charge in [0.1, 0.15) is 11.5 Å². The highest BCUT2D eigenvalue weighted by Crippen LogP contribution is 2.55. The number of hydrogen-bond donors (Lipinski definition) is 1. The van der Waals surface area contributed by atoms with Gasteiger partial charge in [-0.2, -0.15) is 0 Å². The second kappa shape index (κ2) is 8.08. The molecule has 170 valence electrons. The van der Waals surface area contributed by atoms with Crippen LogP contribution in [-0.2, 0) is 16.6 Å². The number of ketones is 1.